The van der Waals surface area contributed by atoms with E-state index >= 15 is 0 Å². The molecule has 0 amide bonds. The van der Waals surface area contributed by atoms with Crippen molar-refractivity contribution in [3.8, 4) is 11.1 Å². The van der Waals surface area contributed by atoms with Crippen molar-refractivity contribution in [3.63, 3.8) is 0 Å². The maximum Gasteiger partial charge on any atom is 0.416 e. The second-order valence-corrected chi connectivity index (χ2v) is 6.90. The van der Waals surface area contributed by atoms with Gasteiger partial charge in [0.2, 0.25) is 10.0 Å². The second-order valence-electron chi connectivity index (χ2n) is 5.40. The Kier molecular flexibility index (Phi) is 4.04. The van der Waals surface area contributed by atoms with Gasteiger partial charge in [-0.3, -0.25) is 0 Å². The smallest absolute Gasteiger partial charge is 0.225 e. The molecule has 3 rings (SSSR count). The van der Waals surface area contributed by atoms with E-state index < -0.39 is 32.5 Å². The SMILES string of the molecule is NS(=O)(=O)c1c(-c2cccc(C(F)(F)F)c2)cc(F)c2ccccc12. The second kappa shape index (κ2) is 5.82. The van der Waals surface area contributed by atoms with Crippen LogP contribution >= 0.6 is 0 Å². The number of nitrogens with two attached hydrogens (primary N) is 1. The number of hydrogen-bond acceptors (Lipinski definition) is 2. The Labute approximate surface area is 140 Å². The van der Waals surface area contributed by atoms with Crippen molar-refractivity contribution < 1.29 is 26.0 Å². The minimum Gasteiger partial charge on any atom is -0.225 e. The van der Waals surface area contributed by atoms with Crippen molar-refractivity contribution in [2.24, 2.45) is 5.14 Å². The van der Waals surface area contributed by atoms with E-state index in [1.807, 2.05) is 0 Å². The topological polar surface area (TPSA) is 60.2 Å². The van der Waals surface area contributed by atoms with E-state index in [-0.39, 0.29) is 21.9 Å². The standard InChI is InChI=1S/C17H11F4NO2S/c18-15-9-14(10-4-3-5-11(8-10)17(19,20)21)16(25(22,23)24)13-7-2-1-6-12(13)15/h1-9H,(H2,22,23,24). The fraction of sp³-hybridized carbons (Fsp3) is 0.0588. The van der Waals surface area contributed by atoms with Gasteiger partial charge in [0.25, 0.3) is 0 Å². The highest BCUT2D eigenvalue weighted by Crippen LogP contribution is 2.37. The summed E-state index contributed by atoms with van der Waals surface area (Å²) in [6.07, 6.45) is -4.62. The molecular weight excluding hydrogens is 358 g/mol. The Balaban J connectivity index is 2.42. The normalized spacial score (nSPS) is 12.5. The number of alkyl halides is 3. The molecule has 0 atom stereocenters. The van der Waals surface area contributed by atoms with Crippen molar-refractivity contribution in [2.45, 2.75) is 11.1 Å². The van der Waals surface area contributed by atoms with Crippen molar-refractivity contribution in [1.82, 2.24) is 0 Å². The van der Waals surface area contributed by atoms with Gasteiger partial charge in [0, 0.05) is 16.3 Å². The molecule has 0 aromatic heterocycles. The van der Waals surface area contributed by atoms with Crippen LogP contribution in [0.2, 0.25) is 0 Å². The molecule has 3 aromatic rings. The maximum atomic E-state index is 14.4. The lowest BCUT2D eigenvalue weighted by Gasteiger charge is -2.14. The molecule has 0 saturated carbocycles. The summed E-state index contributed by atoms with van der Waals surface area (Å²) >= 11 is 0. The van der Waals surface area contributed by atoms with Crippen LogP contribution in [0.1, 0.15) is 5.56 Å². The van der Waals surface area contributed by atoms with Gasteiger partial charge >= 0.3 is 6.18 Å². The van der Waals surface area contributed by atoms with Gasteiger partial charge in [-0.2, -0.15) is 13.2 Å². The Bertz CT molecular complexity index is 1080. The lowest BCUT2D eigenvalue weighted by Crippen LogP contribution is -2.14. The molecule has 0 saturated heterocycles. The molecule has 3 nitrogen and oxygen atoms in total. The number of sulfonamides is 1. The molecular formula is C17H11F4NO2S. The van der Waals surface area contributed by atoms with Gasteiger partial charge in [-0.1, -0.05) is 36.4 Å². The third-order valence-corrected chi connectivity index (χ3v) is 4.74. The summed E-state index contributed by atoms with van der Waals surface area (Å²) in [5, 5.41) is 5.29. The Morgan fingerprint density at radius 3 is 2.12 bits per heavy atom. The quantitative estimate of drug-likeness (QED) is 0.684. The van der Waals surface area contributed by atoms with Crippen LogP contribution in [-0.4, -0.2) is 8.42 Å². The number of hydrogen-bond donors (Lipinski definition) is 1. The average molecular weight is 369 g/mol. The van der Waals surface area contributed by atoms with Crippen LogP contribution in [0, 0.1) is 5.82 Å². The van der Waals surface area contributed by atoms with Crippen molar-refractivity contribution >= 4 is 20.8 Å². The Morgan fingerprint density at radius 2 is 1.52 bits per heavy atom. The average Bonchev–Trinajstić information content (AvgIpc) is 2.53. The van der Waals surface area contributed by atoms with E-state index in [4.69, 9.17) is 5.14 Å². The first-order valence-corrected chi connectivity index (χ1v) is 8.55. The summed E-state index contributed by atoms with van der Waals surface area (Å²) in [5.74, 6) is -0.754. The van der Waals surface area contributed by atoms with Crippen LogP contribution in [0.25, 0.3) is 21.9 Å². The maximum absolute atomic E-state index is 14.4. The highest BCUT2D eigenvalue weighted by atomic mass is 32.2. The molecule has 0 fully saturated rings. The minimum atomic E-state index is -4.62. The van der Waals surface area contributed by atoms with Gasteiger partial charge in [-0.25, -0.2) is 17.9 Å². The predicted octanol–water partition coefficient (Wildman–Crippen LogP) is 4.31. The summed E-state index contributed by atoms with van der Waals surface area (Å²) < 4.78 is 77.3. The van der Waals surface area contributed by atoms with Crippen LogP contribution in [0.15, 0.2) is 59.5 Å². The molecule has 25 heavy (non-hydrogen) atoms. The molecule has 0 aliphatic heterocycles. The van der Waals surface area contributed by atoms with Crippen LogP contribution in [0.4, 0.5) is 17.6 Å². The van der Waals surface area contributed by atoms with Gasteiger partial charge in [0.15, 0.2) is 0 Å². The molecule has 0 unspecified atom stereocenters. The van der Waals surface area contributed by atoms with E-state index in [2.05, 4.69) is 0 Å². The largest absolute Gasteiger partial charge is 0.416 e. The number of benzene rings is 3. The zero-order chi connectivity index (χ0) is 18.4. The van der Waals surface area contributed by atoms with Crippen molar-refractivity contribution in [1.29, 1.82) is 0 Å². The third-order valence-electron chi connectivity index (χ3n) is 3.73. The van der Waals surface area contributed by atoms with Gasteiger partial charge < -0.3 is 0 Å². The van der Waals surface area contributed by atoms with Crippen LogP contribution in [0.5, 0.6) is 0 Å². The van der Waals surface area contributed by atoms with E-state index in [1.165, 1.54) is 30.3 Å². The van der Waals surface area contributed by atoms with E-state index in [9.17, 15) is 26.0 Å². The minimum absolute atomic E-state index is 0.0115. The molecule has 2 N–H and O–H groups in total. The van der Waals surface area contributed by atoms with E-state index in [0.717, 1.165) is 24.3 Å². The molecule has 0 aliphatic carbocycles. The lowest BCUT2D eigenvalue weighted by molar-refractivity contribution is -0.137. The summed E-state index contributed by atoms with van der Waals surface area (Å²) in [5.41, 5.74) is -1.28. The number of fused-ring (bicyclic) bond motifs is 1. The number of halogens is 4. The number of primary sulfonamides is 1. The monoisotopic (exact) mass is 369 g/mol. The van der Waals surface area contributed by atoms with Crippen LogP contribution in [0.3, 0.4) is 0 Å². The van der Waals surface area contributed by atoms with Gasteiger partial charge in [-0.15, -0.1) is 0 Å². The Hall–Kier alpha value is -2.45. The summed E-state index contributed by atoms with van der Waals surface area (Å²) in [7, 11) is -4.32. The van der Waals surface area contributed by atoms with E-state index in [0.29, 0.717) is 0 Å². The molecule has 130 valence electrons. The van der Waals surface area contributed by atoms with Crippen LogP contribution < -0.4 is 5.14 Å². The summed E-state index contributed by atoms with van der Waals surface area (Å²) in [4.78, 5) is -0.413. The third kappa shape index (κ3) is 3.22. The van der Waals surface area contributed by atoms with E-state index in [1.54, 1.807) is 0 Å². The lowest BCUT2D eigenvalue weighted by atomic mass is 9.99. The zero-order valence-corrected chi connectivity index (χ0v) is 13.3. The Morgan fingerprint density at radius 1 is 0.880 bits per heavy atom. The fourth-order valence-electron chi connectivity index (χ4n) is 2.69. The molecule has 8 heteroatoms. The molecule has 3 aromatic carbocycles. The van der Waals surface area contributed by atoms with Gasteiger partial charge in [0.05, 0.1) is 10.5 Å². The van der Waals surface area contributed by atoms with Crippen molar-refractivity contribution in [2.75, 3.05) is 0 Å². The molecule has 0 radical (unpaired) electrons. The zero-order valence-electron chi connectivity index (χ0n) is 12.5. The number of rotatable bonds is 2. The summed E-state index contributed by atoms with van der Waals surface area (Å²) in [6, 6.07) is 10.6. The van der Waals surface area contributed by atoms with Crippen molar-refractivity contribution in [3.05, 3.63) is 66.0 Å². The summed E-state index contributed by atoms with van der Waals surface area (Å²) in [6.45, 7) is 0. The first-order valence-electron chi connectivity index (χ1n) is 7.01. The van der Waals surface area contributed by atoms with Gasteiger partial charge in [0.1, 0.15) is 5.82 Å². The molecule has 0 heterocycles. The van der Waals surface area contributed by atoms with Crippen LogP contribution in [-0.2, 0) is 16.2 Å². The highest BCUT2D eigenvalue weighted by Gasteiger charge is 2.31. The highest BCUT2D eigenvalue weighted by molar-refractivity contribution is 7.89. The molecule has 0 spiro atoms. The molecule has 0 bridgehead atoms. The first kappa shape index (κ1) is 17.4. The predicted molar refractivity (Wildman–Crippen MR) is 85.7 cm³/mol. The fourth-order valence-corrected chi connectivity index (χ4v) is 3.66. The van der Waals surface area contributed by atoms with Gasteiger partial charge in [-0.05, 0) is 23.8 Å². The molecule has 0 aliphatic rings. The first-order chi connectivity index (χ1) is 11.6.